The predicted octanol–water partition coefficient (Wildman–Crippen LogP) is 5.32. The largest absolute Gasteiger partial charge is 0.393 e. The van der Waals surface area contributed by atoms with Crippen LogP contribution in [0.3, 0.4) is 0 Å². The van der Waals surface area contributed by atoms with Gasteiger partial charge in [-0.2, -0.15) is 0 Å². The van der Waals surface area contributed by atoms with Crippen LogP contribution >= 0.6 is 0 Å². The van der Waals surface area contributed by atoms with Gasteiger partial charge in [0.2, 0.25) is 0 Å². The summed E-state index contributed by atoms with van der Waals surface area (Å²) in [5.74, 6) is 0.694. The predicted molar refractivity (Wildman–Crippen MR) is 138 cm³/mol. The van der Waals surface area contributed by atoms with Crippen LogP contribution in [0, 0.1) is 17.7 Å². The molecule has 5 rings (SSSR count). The van der Waals surface area contributed by atoms with Gasteiger partial charge in [-0.1, -0.05) is 55.5 Å². The summed E-state index contributed by atoms with van der Waals surface area (Å²) >= 11 is 0. The summed E-state index contributed by atoms with van der Waals surface area (Å²) in [6, 6.07) is 20.9. The lowest BCUT2D eigenvalue weighted by molar-refractivity contribution is 0.0685. The second kappa shape index (κ2) is 10.5. The van der Waals surface area contributed by atoms with Crippen molar-refractivity contribution in [2.24, 2.45) is 11.8 Å². The van der Waals surface area contributed by atoms with E-state index in [1.165, 1.54) is 5.56 Å². The number of piperidine rings is 1. The number of halogens is 1. The number of likely N-dealkylation sites (tertiary alicyclic amines) is 2. The average Bonchev–Trinajstić information content (AvgIpc) is 3.32. The molecule has 2 heterocycles. The molecule has 2 aliphatic heterocycles. The zero-order chi connectivity index (χ0) is 24.4. The Morgan fingerprint density at radius 2 is 1.71 bits per heavy atom. The van der Waals surface area contributed by atoms with Crippen molar-refractivity contribution in [3.63, 3.8) is 0 Å². The van der Waals surface area contributed by atoms with Crippen molar-refractivity contribution in [3.8, 4) is 0 Å². The molecule has 3 aromatic rings. The Morgan fingerprint density at radius 1 is 1.00 bits per heavy atom. The standard InChI is InChI=1S/C30H35FN2O2/c1-2-29(34)28-20-33(30(35)27-9-5-7-23-6-3-4-8-26(23)27)19-24(28)18-32-16-14-22(15-17-32)21-10-12-25(31)13-11-21/h3-13,22,24,28-29,34H,2,14-20H2,1H3/t24-,28?,29-/m1/s1. The SMILES string of the molecule is CC[C@@H](O)C1CN(C(=O)c2cccc3ccccc23)C[C@H]1CN1CCC(c2ccc(F)cc2)CC1. The van der Waals surface area contributed by atoms with E-state index in [-0.39, 0.29) is 23.6 Å². The minimum Gasteiger partial charge on any atom is -0.393 e. The van der Waals surface area contributed by atoms with Crippen LogP contribution in [-0.2, 0) is 0 Å². The molecule has 0 aliphatic carbocycles. The fraction of sp³-hybridized carbons (Fsp3) is 0.433. The number of carbonyl (C=O) groups is 1. The lowest BCUT2D eigenvalue weighted by Crippen LogP contribution is -2.40. The van der Waals surface area contributed by atoms with Gasteiger partial charge in [0.15, 0.2) is 0 Å². The molecule has 3 aromatic carbocycles. The third-order valence-corrected chi connectivity index (χ3v) is 8.13. The van der Waals surface area contributed by atoms with Crippen molar-refractivity contribution < 1.29 is 14.3 Å². The van der Waals surface area contributed by atoms with Crippen molar-refractivity contribution in [3.05, 3.63) is 83.7 Å². The smallest absolute Gasteiger partial charge is 0.254 e. The summed E-state index contributed by atoms with van der Waals surface area (Å²) in [6.07, 6.45) is 2.40. The van der Waals surface area contributed by atoms with Crippen LogP contribution in [-0.4, -0.2) is 59.6 Å². The molecular formula is C30H35FN2O2. The molecule has 0 spiro atoms. The van der Waals surface area contributed by atoms with Crippen LogP contribution in [0.5, 0.6) is 0 Å². The Balaban J connectivity index is 1.26. The topological polar surface area (TPSA) is 43.8 Å². The number of carbonyl (C=O) groups excluding carboxylic acids is 1. The highest BCUT2D eigenvalue weighted by molar-refractivity contribution is 6.07. The van der Waals surface area contributed by atoms with E-state index in [4.69, 9.17) is 0 Å². The quantitative estimate of drug-likeness (QED) is 0.526. The highest BCUT2D eigenvalue weighted by atomic mass is 19.1. The summed E-state index contributed by atoms with van der Waals surface area (Å²) in [7, 11) is 0. The van der Waals surface area contributed by atoms with E-state index < -0.39 is 6.10 Å². The molecular weight excluding hydrogens is 439 g/mol. The normalized spacial score (nSPS) is 22.5. The third-order valence-electron chi connectivity index (χ3n) is 8.13. The second-order valence-corrected chi connectivity index (χ2v) is 10.3. The van der Waals surface area contributed by atoms with E-state index in [0.29, 0.717) is 25.4 Å². The number of aliphatic hydroxyl groups excluding tert-OH is 1. The number of aliphatic hydroxyl groups is 1. The molecule has 2 fully saturated rings. The Labute approximate surface area is 207 Å². The Bertz CT molecular complexity index is 1150. The Morgan fingerprint density at radius 3 is 2.46 bits per heavy atom. The van der Waals surface area contributed by atoms with Crippen LogP contribution in [0.1, 0.15) is 48.0 Å². The molecule has 1 unspecified atom stereocenters. The fourth-order valence-electron chi connectivity index (χ4n) is 6.09. The van der Waals surface area contributed by atoms with Crippen LogP contribution < -0.4 is 0 Å². The van der Waals surface area contributed by atoms with E-state index in [9.17, 15) is 14.3 Å². The Hall–Kier alpha value is -2.76. The maximum absolute atomic E-state index is 13.6. The van der Waals surface area contributed by atoms with Crippen LogP contribution in [0.25, 0.3) is 10.8 Å². The minimum absolute atomic E-state index is 0.0626. The molecule has 184 valence electrons. The lowest BCUT2D eigenvalue weighted by Gasteiger charge is -2.35. The molecule has 0 bridgehead atoms. The van der Waals surface area contributed by atoms with Gasteiger partial charge in [0.25, 0.3) is 5.91 Å². The van der Waals surface area contributed by atoms with Crippen LogP contribution in [0.15, 0.2) is 66.7 Å². The molecule has 35 heavy (non-hydrogen) atoms. The number of benzene rings is 3. The number of hydrogen-bond donors (Lipinski definition) is 1. The number of fused-ring (bicyclic) bond motifs is 1. The first kappa shape index (κ1) is 24.0. The summed E-state index contributed by atoms with van der Waals surface area (Å²) in [4.78, 5) is 18.0. The van der Waals surface area contributed by atoms with Gasteiger partial charge in [-0.05, 0) is 78.7 Å². The van der Waals surface area contributed by atoms with Crippen molar-refractivity contribution in [2.75, 3.05) is 32.7 Å². The first-order chi connectivity index (χ1) is 17.0. The van der Waals surface area contributed by atoms with Crippen molar-refractivity contribution in [1.82, 2.24) is 9.80 Å². The molecule has 2 saturated heterocycles. The van der Waals surface area contributed by atoms with Gasteiger partial charge < -0.3 is 14.9 Å². The third kappa shape index (κ3) is 5.12. The molecule has 5 heteroatoms. The van der Waals surface area contributed by atoms with Crippen molar-refractivity contribution >= 4 is 16.7 Å². The zero-order valence-corrected chi connectivity index (χ0v) is 20.4. The van der Waals surface area contributed by atoms with Gasteiger partial charge in [-0.3, -0.25) is 4.79 Å². The van der Waals surface area contributed by atoms with Gasteiger partial charge in [-0.15, -0.1) is 0 Å². The number of nitrogens with zero attached hydrogens (tertiary/aromatic N) is 2. The molecule has 0 radical (unpaired) electrons. The zero-order valence-electron chi connectivity index (χ0n) is 20.4. The summed E-state index contributed by atoms with van der Waals surface area (Å²) in [5.41, 5.74) is 1.96. The van der Waals surface area contributed by atoms with Gasteiger partial charge in [0.05, 0.1) is 6.10 Å². The monoisotopic (exact) mass is 474 g/mol. The first-order valence-corrected chi connectivity index (χ1v) is 13.0. The second-order valence-electron chi connectivity index (χ2n) is 10.3. The molecule has 3 atom stereocenters. The van der Waals surface area contributed by atoms with Gasteiger partial charge in [0.1, 0.15) is 5.82 Å². The molecule has 2 aliphatic rings. The number of hydrogen-bond acceptors (Lipinski definition) is 3. The van der Waals surface area contributed by atoms with Gasteiger partial charge in [0, 0.05) is 31.1 Å². The van der Waals surface area contributed by atoms with Crippen molar-refractivity contribution in [2.45, 2.75) is 38.2 Å². The lowest BCUT2D eigenvalue weighted by atomic mass is 9.86. The molecule has 1 amide bonds. The van der Waals surface area contributed by atoms with E-state index in [1.54, 1.807) is 12.1 Å². The van der Waals surface area contributed by atoms with Gasteiger partial charge >= 0.3 is 0 Å². The summed E-state index contributed by atoms with van der Waals surface area (Å²) < 4.78 is 13.3. The van der Waals surface area contributed by atoms with Gasteiger partial charge in [-0.25, -0.2) is 4.39 Å². The molecule has 1 N–H and O–H groups in total. The van der Waals surface area contributed by atoms with E-state index >= 15 is 0 Å². The highest BCUT2D eigenvalue weighted by Gasteiger charge is 2.40. The van der Waals surface area contributed by atoms with Crippen LogP contribution in [0.2, 0.25) is 0 Å². The summed E-state index contributed by atoms with van der Waals surface area (Å²) in [6.45, 7) is 6.19. The minimum atomic E-state index is -0.401. The van der Waals surface area contributed by atoms with Crippen molar-refractivity contribution in [1.29, 1.82) is 0 Å². The maximum atomic E-state index is 13.6. The highest BCUT2D eigenvalue weighted by Crippen LogP contribution is 2.33. The van der Waals surface area contributed by atoms with Crippen LogP contribution in [0.4, 0.5) is 4.39 Å². The number of rotatable bonds is 6. The van der Waals surface area contributed by atoms with E-state index in [2.05, 4.69) is 4.90 Å². The average molecular weight is 475 g/mol. The first-order valence-electron chi connectivity index (χ1n) is 13.0. The molecule has 0 aromatic heterocycles. The maximum Gasteiger partial charge on any atom is 0.254 e. The van der Waals surface area contributed by atoms with E-state index in [1.807, 2.05) is 66.4 Å². The number of amides is 1. The molecule has 0 saturated carbocycles. The molecule has 4 nitrogen and oxygen atoms in total. The van der Waals surface area contributed by atoms with E-state index in [0.717, 1.165) is 48.8 Å². The fourth-order valence-corrected chi connectivity index (χ4v) is 6.09. The Kier molecular flexibility index (Phi) is 7.17. The summed E-state index contributed by atoms with van der Waals surface area (Å²) in [5, 5.41) is 12.9.